The number of rotatable bonds is 5. The van der Waals surface area contributed by atoms with Gasteiger partial charge in [0, 0.05) is 29.5 Å². The average Bonchev–Trinajstić information content (AvgIpc) is 3.17. The molecule has 2 aromatic carbocycles. The molecule has 2 heterocycles. The van der Waals surface area contributed by atoms with E-state index in [9.17, 15) is 8.42 Å². The SMILES string of the molecule is COc1ccc(S(=O)(=O)N2CCc3nc(-c4ccccc4)sc3C2)cc1OC. The molecule has 3 aromatic rings. The van der Waals surface area contributed by atoms with Crippen molar-refractivity contribution in [3.8, 4) is 22.1 Å². The van der Waals surface area contributed by atoms with Crippen LogP contribution in [0.3, 0.4) is 0 Å². The molecule has 0 amide bonds. The molecule has 0 N–H and O–H groups in total. The van der Waals surface area contributed by atoms with Gasteiger partial charge in [0.1, 0.15) is 5.01 Å². The number of ether oxygens (including phenoxy) is 2. The molecule has 0 aliphatic carbocycles. The summed E-state index contributed by atoms with van der Waals surface area (Å²) in [5.74, 6) is 0.891. The van der Waals surface area contributed by atoms with Gasteiger partial charge in [-0.1, -0.05) is 30.3 Å². The molecule has 0 radical (unpaired) electrons. The minimum Gasteiger partial charge on any atom is -0.493 e. The van der Waals surface area contributed by atoms with Crippen molar-refractivity contribution in [2.24, 2.45) is 0 Å². The van der Waals surface area contributed by atoms with Crippen LogP contribution in [0.1, 0.15) is 10.6 Å². The lowest BCUT2D eigenvalue weighted by Gasteiger charge is -2.25. The van der Waals surface area contributed by atoms with Crippen LogP contribution in [0.2, 0.25) is 0 Å². The summed E-state index contributed by atoms with van der Waals surface area (Å²) in [6, 6.07) is 14.6. The Labute approximate surface area is 168 Å². The van der Waals surface area contributed by atoms with E-state index in [1.54, 1.807) is 23.5 Å². The number of nitrogens with zero attached hydrogens (tertiary/aromatic N) is 2. The molecule has 0 spiro atoms. The molecule has 1 aliphatic rings. The summed E-state index contributed by atoms with van der Waals surface area (Å²) in [6.45, 7) is 0.734. The third-order valence-electron chi connectivity index (χ3n) is 4.71. The number of hydrogen-bond donors (Lipinski definition) is 0. The van der Waals surface area contributed by atoms with Crippen molar-refractivity contribution in [1.82, 2.24) is 9.29 Å². The molecule has 0 unspecified atom stereocenters. The average molecular weight is 417 g/mol. The van der Waals surface area contributed by atoms with Crippen molar-refractivity contribution in [2.75, 3.05) is 20.8 Å². The fraction of sp³-hybridized carbons (Fsp3) is 0.250. The summed E-state index contributed by atoms with van der Waals surface area (Å²) in [7, 11) is -0.631. The quantitative estimate of drug-likeness (QED) is 0.636. The van der Waals surface area contributed by atoms with Crippen molar-refractivity contribution < 1.29 is 17.9 Å². The lowest BCUT2D eigenvalue weighted by molar-refractivity contribution is 0.353. The third-order valence-corrected chi connectivity index (χ3v) is 7.68. The molecule has 4 rings (SSSR count). The number of fused-ring (bicyclic) bond motifs is 1. The van der Waals surface area contributed by atoms with Crippen molar-refractivity contribution in [3.63, 3.8) is 0 Å². The number of aromatic nitrogens is 1. The van der Waals surface area contributed by atoms with Gasteiger partial charge < -0.3 is 9.47 Å². The largest absolute Gasteiger partial charge is 0.493 e. The predicted molar refractivity (Wildman–Crippen MR) is 108 cm³/mol. The number of methoxy groups -OCH3 is 2. The van der Waals surface area contributed by atoms with Gasteiger partial charge in [0.05, 0.1) is 31.4 Å². The van der Waals surface area contributed by atoms with E-state index in [0.717, 1.165) is 21.1 Å². The van der Waals surface area contributed by atoms with Gasteiger partial charge >= 0.3 is 0 Å². The molecule has 6 nitrogen and oxygen atoms in total. The first kappa shape index (κ1) is 18.9. The maximum atomic E-state index is 13.2. The van der Waals surface area contributed by atoms with E-state index in [-0.39, 0.29) is 4.90 Å². The van der Waals surface area contributed by atoms with Crippen LogP contribution in [-0.4, -0.2) is 38.5 Å². The molecule has 146 valence electrons. The highest BCUT2D eigenvalue weighted by molar-refractivity contribution is 7.89. The molecule has 0 saturated heterocycles. The highest BCUT2D eigenvalue weighted by atomic mass is 32.2. The van der Waals surface area contributed by atoms with Crippen LogP contribution in [0.5, 0.6) is 11.5 Å². The smallest absolute Gasteiger partial charge is 0.243 e. The highest BCUT2D eigenvalue weighted by Crippen LogP contribution is 2.35. The summed E-state index contributed by atoms with van der Waals surface area (Å²) in [4.78, 5) is 5.91. The molecule has 8 heteroatoms. The summed E-state index contributed by atoms with van der Waals surface area (Å²) < 4.78 is 38.3. The first-order valence-electron chi connectivity index (χ1n) is 8.79. The van der Waals surface area contributed by atoms with E-state index in [0.29, 0.717) is 31.0 Å². The summed E-state index contributed by atoms with van der Waals surface area (Å²) in [5, 5.41) is 0.927. The molecule has 1 aromatic heterocycles. The molecule has 0 fully saturated rings. The molecule has 0 atom stereocenters. The van der Waals surface area contributed by atoms with Crippen molar-refractivity contribution in [3.05, 3.63) is 59.1 Å². The predicted octanol–water partition coefficient (Wildman–Crippen LogP) is 3.57. The Bertz CT molecular complexity index is 1090. The van der Waals surface area contributed by atoms with E-state index in [2.05, 4.69) is 0 Å². The zero-order valence-electron chi connectivity index (χ0n) is 15.6. The topological polar surface area (TPSA) is 68.7 Å². The fourth-order valence-corrected chi connectivity index (χ4v) is 5.84. The fourth-order valence-electron chi connectivity index (χ4n) is 3.21. The van der Waals surface area contributed by atoms with Gasteiger partial charge in [0.15, 0.2) is 11.5 Å². The van der Waals surface area contributed by atoms with E-state index < -0.39 is 10.0 Å². The standard InChI is InChI=1S/C20H20N2O4S2/c1-25-17-9-8-15(12-18(17)26-2)28(23,24)22-11-10-16-19(13-22)27-20(21-16)14-6-4-3-5-7-14/h3-9,12H,10-11,13H2,1-2H3. The first-order valence-corrected chi connectivity index (χ1v) is 11.0. The minimum absolute atomic E-state index is 0.196. The lowest BCUT2D eigenvalue weighted by Crippen LogP contribution is -2.35. The summed E-state index contributed by atoms with van der Waals surface area (Å²) >= 11 is 1.56. The number of sulfonamides is 1. The molecule has 0 bridgehead atoms. The van der Waals surface area contributed by atoms with E-state index in [4.69, 9.17) is 14.5 Å². The Morgan fingerprint density at radius 1 is 1.04 bits per heavy atom. The van der Waals surface area contributed by atoms with Gasteiger partial charge in [-0.25, -0.2) is 13.4 Å². The molecular formula is C20H20N2O4S2. The summed E-state index contributed by atoms with van der Waals surface area (Å²) in [5.41, 5.74) is 2.04. The van der Waals surface area contributed by atoms with Gasteiger partial charge in [-0.15, -0.1) is 11.3 Å². The van der Waals surface area contributed by atoms with Crippen LogP contribution in [0.4, 0.5) is 0 Å². The van der Waals surface area contributed by atoms with Gasteiger partial charge in [-0.2, -0.15) is 4.31 Å². The normalized spacial score (nSPS) is 14.5. The van der Waals surface area contributed by atoms with Gasteiger partial charge in [-0.3, -0.25) is 0 Å². The van der Waals surface area contributed by atoms with E-state index in [1.165, 1.54) is 24.6 Å². The Kier molecular flexibility index (Phi) is 5.09. The lowest BCUT2D eigenvalue weighted by atomic mass is 10.2. The maximum Gasteiger partial charge on any atom is 0.243 e. The van der Waals surface area contributed by atoms with Gasteiger partial charge in [0.25, 0.3) is 0 Å². The van der Waals surface area contributed by atoms with E-state index in [1.807, 2.05) is 30.3 Å². The maximum absolute atomic E-state index is 13.2. The summed E-state index contributed by atoms with van der Waals surface area (Å²) in [6.07, 6.45) is 0.602. The monoisotopic (exact) mass is 416 g/mol. The third kappa shape index (κ3) is 3.39. The molecule has 0 saturated carbocycles. The van der Waals surface area contributed by atoms with Crippen molar-refractivity contribution >= 4 is 21.4 Å². The minimum atomic E-state index is -3.64. The van der Waals surface area contributed by atoms with Crippen LogP contribution < -0.4 is 9.47 Å². The first-order chi connectivity index (χ1) is 13.5. The molecule has 28 heavy (non-hydrogen) atoms. The molecule has 1 aliphatic heterocycles. The Morgan fingerprint density at radius 2 is 1.79 bits per heavy atom. The van der Waals surface area contributed by atoms with E-state index >= 15 is 0 Å². The highest BCUT2D eigenvalue weighted by Gasteiger charge is 2.31. The van der Waals surface area contributed by atoms with Crippen molar-refractivity contribution in [2.45, 2.75) is 17.9 Å². The molecular weight excluding hydrogens is 396 g/mol. The van der Waals surface area contributed by atoms with Crippen LogP contribution in [-0.2, 0) is 23.0 Å². The zero-order chi connectivity index (χ0) is 19.7. The van der Waals surface area contributed by atoms with Gasteiger partial charge in [-0.05, 0) is 12.1 Å². The van der Waals surface area contributed by atoms with Gasteiger partial charge in [0.2, 0.25) is 10.0 Å². The Balaban J connectivity index is 1.62. The second-order valence-electron chi connectivity index (χ2n) is 6.36. The zero-order valence-corrected chi connectivity index (χ0v) is 17.2. The second kappa shape index (κ2) is 7.54. The van der Waals surface area contributed by atoms with Crippen LogP contribution in [0.25, 0.3) is 10.6 Å². The van der Waals surface area contributed by atoms with Crippen LogP contribution in [0.15, 0.2) is 53.4 Å². The van der Waals surface area contributed by atoms with Crippen molar-refractivity contribution in [1.29, 1.82) is 0 Å². The number of thiazole rings is 1. The van der Waals surface area contributed by atoms with Crippen LogP contribution in [0, 0.1) is 0 Å². The second-order valence-corrected chi connectivity index (χ2v) is 9.38. The number of hydrogen-bond acceptors (Lipinski definition) is 6. The van der Waals surface area contributed by atoms with Crippen LogP contribution >= 0.6 is 11.3 Å². The Hall–Kier alpha value is -2.42. The number of benzene rings is 2. The Morgan fingerprint density at radius 3 is 2.50 bits per heavy atom.